The van der Waals surface area contributed by atoms with Crippen LogP contribution in [0.25, 0.3) is 0 Å². The van der Waals surface area contributed by atoms with E-state index in [1.165, 1.54) is 11.4 Å². The smallest absolute Gasteiger partial charge is 0.321 e. The van der Waals surface area contributed by atoms with Crippen LogP contribution in [0.4, 0.5) is 24.5 Å². The number of amides is 1. The minimum absolute atomic E-state index is 0.0427. The Morgan fingerprint density at radius 2 is 1.72 bits per heavy atom. The van der Waals surface area contributed by atoms with Crippen LogP contribution in [0.2, 0.25) is 5.02 Å². The minimum Gasteiger partial charge on any atom is -0.321 e. The molecule has 0 radical (unpaired) electrons. The second kappa shape index (κ2) is 8.05. The van der Waals surface area contributed by atoms with Crippen molar-refractivity contribution >= 4 is 50.2 Å². The summed E-state index contributed by atoms with van der Waals surface area (Å²) in [5.74, 6) is -0.580. The van der Waals surface area contributed by atoms with Gasteiger partial charge in [0.05, 0.1) is 16.1 Å². The molecule has 0 saturated heterocycles. The van der Waals surface area contributed by atoms with Crippen LogP contribution < -0.4 is 10.0 Å². The molecule has 0 spiro atoms. The number of carbonyl (C=O) groups is 1. The van der Waals surface area contributed by atoms with Crippen LogP contribution >= 0.6 is 22.9 Å². The molecule has 1 aromatic heterocycles. The van der Waals surface area contributed by atoms with Crippen molar-refractivity contribution in [2.24, 2.45) is 0 Å². The molecule has 3 aromatic rings. The quantitative estimate of drug-likeness (QED) is 0.530. The van der Waals surface area contributed by atoms with E-state index >= 15 is 0 Å². The average Bonchev–Trinajstić information content (AvgIpc) is 3.10. The van der Waals surface area contributed by atoms with Gasteiger partial charge in [0.2, 0.25) is 0 Å². The molecular formula is C18H12ClF3N2O3S2. The average molecular weight is 461 g/mol. The van der Waals surface area contributed by atoms with Crippen LogP contribution in [0, 0.1) is 0 Å². The maximum Gasteiger partial charge on any atom is 0.416 e. The van der Waals surface area contributed by atoms with Gasteiger partial charge in [-0.05, 0) is 53.9 Å². The molecule has 0 unspecified atom stereocenters. The Bertz CT molecular complexity index is 1140. The van der Waals surface area contributed by atoms with Crippen molar-refractivity contribution in [3.05, 3.63) is 75.4 Å². The number of sulfonamides is 1. The van der Waals surface area contributed by atoms with E-state index in [1.54, 1.807) is 24.3 Å². The van der Waals surface area contributed by atoms with Crippen molar-refractivity contribution in [3.8, 4) is 0 Å². The summed E-state index contributed by atoms with van der Waals surface area (Å²) in [5, 5.41) is 4.56. The molecule has 0 bridgehead atoms. The van der Waals surface area contributed by atoms with Gasteiger partial charge in [0.15, 0.2) is 0 Å². The number of hydrogen-bond acceptors (Lipinski definition) is 4. The number of thiophene rings is 1. The largest absolute Gasteiger partial charge is 0.416 e. The molecule has 2 aromatic carbocycles. The van der Waals surface area contributed by atoms with E-state index in [1.807, 2.05) is 0 Å². The maximum atomic E-state index is 12.9. The number of alkyl halides is 3. The first-order valence-corrected chi connectivity index (χ1v) is 10.6. The number of carbonyl (C=O) groups excluding carboxylic acids is 1. The van der Waals surface area contributed by atoms with E-state index in [0.717, 1.165) is 29.5 Å². The van der Waals surface area contributed by atoms with Gasteiger partial charge in [-0.2, -0.15) is 13.2 Å². The van der Waals surface area contributed by atoms with Crippen molar-refractivity contribution in [1.29, 1.82) is 0 Å². The van der Waals surface area contributed by atoms with Crippen molar-refractivity contribution in [2.75, 3.05) is 10.0 Å². The highest BCUT2D eigenvalue weighted by molar-refractivity contribution is 7.92. The lowest BCUT2D eigenvalue weighted by molar-refractivity contribution is -0.137. The van der Waals surface area contributed by atoms with Crippen LogP contribution in [0.1, 0.15) is 15.2 Å². The molecule has 11 heteroatoms. The predicted molar refractivity (Wildman–Crippen MR) is 106 cm³/mol. The molecule has 152 valence electrons. The van der Waals surface area contributed by atoms with Gasteiger partial charge < -0.3 is 5.32 Å². The fraction of sp³-hybridized carbons (Fsp3) is 0.0556. The molecular weight excluding hydrogens is 449 g/mol. The Morgan fingerprint density at radius 1 is 1.03 bits per heavy atom. The summed E-state index contributed by atoms with van der Waals surface area (Å²) in [6.45, 7) is 0. The number of rotatable bonds is 5. The summed E-state index contributed by atoms with van der Waals surface area (Å²) in [4.78, 5) is 12.0. The highest BCUT2D eigenvalue weighted by Crippen LogP contribution is 2.32. The highest BCUT2D eigenvalue weighted by atomic mass is 35.5. The van der Waals surface area contributed by atoms with Gasteiger partial charge >= 0.3 is 6.18 Å². The predicted octanol–water partition coefficient (Wildman–Crippen LogP) is 5.47. The first-order chi connectivity index (χ1) is 13.6. The lowest BCUT2D eigenvalue weighted by atomic mass is 10.2. The summed E-state index contributed by atoms with van der Waals surface area (Å²) in [5.41, 5.74) is -0.690. The minimum atomic E-state index is -4.68. The van der Waals surface area contributed by atoms with Crippen molar-refractivity contribution in [1.82, 2.24) is 0 Å². The molecule has 0 aliphatic heterocycles. The third-order valence-corrected chi connectivity index (χ3v) is 6.22. The Kier molecular flexibility index (Phi) is 5.87. The monoisotopic (exact) mass is 460 g/mol. The third kappa shape index (κ3) is 5.08. The number of benzene rings is 2. The fourth-order valence-electron chi connectivity index (χ4n) is 2.33. The Morgan fingerprint density at radius 3 is 2.38 bits per heavy atom. The maximum absolute atomic E-state index is 12.9. The summed E-state index contributed by atoms with van der Waals surface area (Å²) >= 11 is 6.76. The van der Waals surface area contributed by atoms with Gasteiger partial charge in [-0.1, -0.05) is 17.7 Å². The second-order valence-electron chi connectivity index (χ2n) is 5.76. The number of halogens is 4. The van der Waals surface area contributed by atoms with Crippen LogP contribution in [-0.4, -0.2) is 14.3 Å². The van der Waals surface area contributed by atoms with Crippen molar-refractivity contribution in [3.63, 3.8) is 0 Å². The van der Waals surface area contributed by atoms with Gasteiger partial charge in [0.1, 0.15) is 4.88 Å². The molecule has 2 N–H and O–H groups in total. The summed E-state index contributed by atoms with van der Waals surface area (Å²) in [6.07, 6.45) is -4.68. The lowest BCUT2D eigenvalue weighted by Crippen LogP contribution is -2.17. The summed E-state index contributed by atoms with van der Waals surface area (Å²) < 4.78 is 65.8. The van der Waals surface area contributed by atoms with Crippen LogP contribution in [0.3, 0.4) is 0 Å². The SMILES string of the molecule is O=C(Nc1ccc(Cl)cc1)c1sccc1NS(=O)(=O)c1cccc(C(F)(F)F)c1. The van der Waals surface area contributed by atoms with Crippen molar-refractivity contribution < 1.29 is 26.4 Å². The number of hydrogen-bond donors (Lipinski definition) is 2. The normalized spacial score (nSPS) is 11.9. The van der Waals surface area contributed by atoms with Crippen molar-refractivity contribution in [2.45, 2.75) is 11.1 Å². The Balaban J connectivity index is 1.83. The van der Waals surface area contributed by atoms with E-state index in [0.29, 0.717) is 16.8 Å². The molecule has 1 amide bonds. The summed E-state index contributed by atoms with van der Waals surface area (Å²) in [6, 6.07) is 11.0. The number of anilines is 2. The van der Waals surface area contributed by atoms with Crippen LogP contribution in [0.5, 0.6) is 0 Å². The first-order valence-electron chi connectivity index (χ1n) is 7.91. The molecule has 5 nitrogen and oxygen atoms in total. The molecule has 29 heavy (non-hydrogen) atoms. The van der Waals surface area contributed by atoms with Gasteiger partial charge in [-0.15, -0.1) is 11.3 Å². The molecule has 3 rings (SSSR count). The van der Waals surface area contributed by atoms with Crippen LogP contribution in [-0.2, 0) is 16.2 Å². The van der Waals surface area contributed by atoms with Crippen LogP contribution in [0.15, 0.2) is 64.9 Å². The molecule has 0 aliphatic rings. The molecule has 0 fully saturated rings. The third-order valence-electron chi connectivity index (χ3n) is 3.69. The van der Waals surface area contributed by atoms with Gasteiger partial charge in [-0.25, -0.2) is 8.42 Å². The second-order valence-corrected chi connectivity index (χ2v) is 8.79. The van der Waals surface area contributed by atoms with E-state index < -0.39 is 32.6 Å². The zero-order valence-electron chi connectivity index (χ0n) is 14.3. The fourth-order valence-corrected chi connectivity index (χ4v) is 4.38. The van der Waals surface area contributed by atoms with E-state index in [2.05, 4.69) is 10.0 Å². The zero-order chi connectivity index (χ0) is 21.2. The molecule has 0 saturated carbocycles. The lowest BCUT2D eigenvalue weighted by Gasteiger charge is -2.11. The molecule has 0 atom stereocenters. The van der Waals surface area contributed by atoms with E-state index in [9.17, 15) is 26.4 Å². The standard InChI is InChI=1S/C18H12ClF3N2O3S2/c19-12-4-6-13(7-5-12)23-17(25)16-15(8-9-28-16)24-29(26,27)14-3-1-2-11(10-14)18(20,21)22/h1-10,24H,(H,23,25). The topological polar surface area (TPSA) is 75.3 Å². The zero-order valence-corrected chi connectivity index (χ0v) is 16.7. The first kappa shape index (κ1) is 21.2. The van der Waals surface area contributed by atoms with E-state index in [4.69, 9.17) is 11.6 Å². The highest BCUT2D eigenvalue weighted by Gasteiger charge is 2.32. The van der Waals surface area contributed by atoms with Gasteiger partial charge in [-0.3, -0.25) is 9.52 Å². The Labute approximate surface area is 173 Å². The van der Waals surface area contributed by atoms with E-state index in [-0.39, 0.29) is 10.6 Å². The molecule has 1 heterocycles. The summed E-state index contributed by atoms with van der Waals surface area (Å²) in [7, 11) is -4.34. The van der Waals surface area contributed by atoms with Gasteiger partial charge in [0, 0.05) is 10.7 Å². The number of nitrogens with one attached hydrogen (secondary N) is 2. The molecule has 0 aliphatic carbocycles. The Hall–Kier alpha value is -2.56. The van der Waals surface area contributed by atoms with Gasteiger partial charge in [0.25, 0.3) is 15.9 Å².